The van der Waals surface area contributed by atoms with Crippen molar-refractivity contribution >= 4 is 60.8 Å². The van der Waals surface area contributed by atoms with Crippen molar-refractivity contribution in [2.45, 2.75) is 18.3 Å². The van der Waals surface area contributed by atoms with E-state index in [1.165, 1.54) is 60.8 Å². The van der Waals surface area contributed by atoms with Crippen molar-refractivity contribution in [1.82, 2.24) is 4.57 Å². The van der Waals surface area contributed by atoms with E-state index in [1.807, 2.05) is 0 Å². The summed E-state index contributed by atoms with van der Waals surface area (Å²) < 4.78 is 8.90. The Kier molecular flexibility index (Phi) is 7.06. The topological polar surface area (TPSA) is 21.3 Å². The lowest BCUT2D eigenvalue weighted by molar-refractivity contribution is 0.563. The van der Waals surface area contributed by atoms with Crippen LogP contribution in [0.5, 0.6) is 0 Å². The van der Waals surface area contributed by atoms with Crippen LogP contribution in [0.15, 0.2) is 211 Å². The Bertz CT molecular complexity index is 3490. The van der Waals surface area contributed by atoms with Crippen LogP contribution in [0.3, 0.4) is 0 Å². The molecule has 282 valence electrons. The minimum atomic E-state index is -0.123. The van der Waals surface area contributed by atoms with E-state index < -0.39 is 0 Å². The zero-order valence-corrected chi connectivity index (χ0v) is 32.8. The summed E-state index contributed by atoms with van der Waals surface area (Å²) in [5, 5.41) is 4.71. The summed E-state index contributed by atoms with van der Waals surface area (Å²) in [6.45, 7) is 0. The number of hydrogen-bond acceptors (Lipinski definition) is 2. The Hall–Kier alpha value is -7.62. The summed E-state index contributed by atoms with van der Waals surface area (Å²) >= 11 is 0. The van der Waals surface area contributed by atoms with Crippen molar-refractivity contribution in [1.29, 1.82) is 0 Å². The average molecular weight is 767 g/mol. The molecule has 2 heterocycles. The van der Waals surface area contributed by atoms with Gasteiger partial charge >= 0.3 is 0 Å². The van der Waals surface area contributed by atoms with Gasteiger partial charge in [0.2, 0.25) is 0 Å². The first-order valence-corrected chi connectivity index (χ1v) is 20.9. The molecule has 11 aromatic rings. The van der Waals surface area contributed by atoms with Crippen LogP contribution in [-0.4, -0.2) is 4.57 Å². The molecule has 0 atom stereocenters. The summed E-state index contributed by atoms with van der Waals surface area (Å²) in [6.07, 6.45) is 1.99. The molecular weight excluding hydrogens is 729 g/mol. The number of aromatic nitrogens is 1. The smallest absolute Gasteiger partial charge is 0.137 e. The van der Waals surface area contributed by atoms with Crippen LogP contribution in [0.2, 0.25) is 0 Å². The van der Waals surface area contributed by atoms with E-state index in [-0.39, 0.29) is 5.41 Å². The number of anilines is 3. The molecule has 0 radical (unpaired) electrons. The van der Waals surface area contributed by atoms with E-state index in [2.05, 4.69) is 216 Å². The maximum atomic E-state index is 6.52. The van der Waals surface area contributed by atoms with Gasteiger partial charge in [0.25, 0.3) is 0 Å². The highest BCUT2D eigenvalue weighted by molar-refractivity contribution is 6.14. The molecule has 9 aromatic carbocycles. The highest BCUT2D eigenvalue weighted by Gasteiger charge is 2.47. The molecule has 60 heavy (non-hydrogen) atoms. The number of furan rings is 1. The van der Waals surface area contributed by atoms with Crippen molar-refractivity contribution in [2.75, 3.05) is 4.90 Å². The van der Waals surface area contributed by atoms with Crippen LogP contribution in [0, 0.1) is 0 Å². The Balaban J connectivity index is 1.02. The van der Waals surface area contributed by atoms with Crippen molar-refractivity contribution < 1.29 is 4.42 Å². The van der Waals surface area contributed by atoms with Gasteiger partial charge in [-0.25, -0.2) is 0 Å². The van der Waals surface area contributed by atoms with Gasteiger partial charge in [-0.15, -0.1) is 0 Å². The summed E-state index contributed by atoms with van der Waals surface area (Å²) in [4.78, 5) is 2.46. The third kappa shape index (κ3) is 4.78. The standard InChI is InChI=1S/C57H38N2O/c1-2-17-41(18-3-1)59-51-24-10-7-21-46(51)48-33-38(28-31-52(48)59)37-16-12-19-42(32-37)58(53-25-13-27-55-56(53)47-22-8-11-26-54(47)60-55)43-29-30-45-44-20-6-9-23-49(44)57(50(45)34-43)35-39-14-4-5-15-40(39)36-57/h1-34H,35-36H2. The molecule has 0 unspecified atom stereocenters. The van der Waals surface area contributed by atoms with Crippen LogP contribution >= 0.6 is 0 Å². The minimum absolute atomic E-state index is 0.123. The van der Waals surface area contributed by atoms with Gasteiger partial charge in [0, 0.05) is 38.6 Å². The fraction of sp³-hybridized carbons (Fsp3) is 0.0526. The lowest BCUT2D eigenvalue weighted by Crippen LogP contribution is -2.26. The van der Waals surface area contributed by atoms with Gasteiger partial charge in [0.15, 0.2) is 0 Å². The molecule has 0 amide bonds. The molecule has 0 bridgehead atoms. The highest BCUT2D eigenvalue weighted by atomic mass is 16.3. The number of hydrogen-bond donors (Lipinski definition) is 0. The minimum Gasteiger partial charge on any atom is -0.456 e. The fourth-order valence-corrected chi connectivity index (χ4v) is 10.8. The van der Waals surface area contributed by atoms with Crippen molar-refractivity contribution in [3.05, 3.63) is 229 Å². The molecule has 0 saturated carbocycles. The number of fused-ring (bicyclic) bond motifs is 12. The maximum absolute atomic E-state index is 6.52. The summed E-state index contributed by atoms with van der Waals surface area (Å²) in [7, 11) is 0. The molecule has 13 rings (SSSR count). The molecule has 2 aliphatic carbocycles. The third-order valence-corrected chi connectivity index (χ3v) is 13.4. The predicted octanol–water partition coefficient (Wildman–Crippen LogP) is 14.9. The quantitative estimate of drug-likeness (QED) is 0.174. The first-order chi connectivity index (χ1) is 29.7. The zero-order chi connectivity index (χ0) is 39.4. The Morgan fingerprint density at radius 1 is 0.433 bits per heavy atom. The monoisotopic (exact) mass is 766 g/mol. The van der Waals surface area contributed by atoms with Crippen LogP contribution in [0.4, 0.5) is 17.1 Å². The molecule has 1 spiro atoms. The van der Waals surface area contributed by atoms with E-state index in [0.717, 1.165) is 63.1 Å². The molecule has 3 heteroatoms. The van der Waals surface area contributed by atoms with Crippen molar-refractivity contribution in [3.8, 4) is 27.9 Å². The second-order valence-electron chi connectivity index (χ2n) is 16.5. The number of nitrogens with zero attached hydrogens (tertiary/aromatic N) is 2. The Morgan fingerprint density at radius 3 is 1.98 bits per heavy atom. The normalized spacial score (nSPS) is 13.7. The SMILES string of the molecule is c1ccc(-n2c3ccccc3c3cc(-c4cccc(N(c5ccc6c(c5)C5(Cc7ccccc7C5)c5ccccc5-6)c5cccc6oc7ccccc7c56)c4)ccc32)cc1. The second kappa shape index (κ2) is 12.7. The Labute approximate surface area is 348 Å². The lowest BCUT2D eigenvalue weighted by Gasteiger charge is -2.30. The van der Waals surface area contributed by atoms with Crippen molar-refractivity contribution in [2.24, 2.45) is 0 Å². The molecule has 0 N–H and O–H groups in total. The van der Waals surface area contributed by atoms with Crippen LogP contribution in [0.1, 0.15) is 22.3 Å². The fourth-order valence-electron chi connectivity index (χ4n) is 10.8. The summed E-state index contributed by atoms with van der Waals surface area (Å²) in [6, 6.07) is 75.7. The first-order valence-electron chi connectivity index (χ1n) is 20.9. The third-order valence-electron chi connectivity index (χ3n) is 13.4. The number of rotatable bonds is 5. The number of benzene rings is 9. The second-order valence-corrected chi connectivity index (χ2v) is 16.5. The van der Waals surface area contributed by atoms with Crippen LogP contribution < -0.4 is 4.90 Å². The lowest BCUT2D eigenvalue weighted by atomic mass is 9.75. The predicted molar refractivity (Wildman–Crippen MR) is 248 cm³/mol. The zero-order valence-electron chi connectivity index (χ0n) is 32.8. The Morgan fingerprint density at radius 2 is 1.10 bits per heavy atom. The summed E-state index contributed by atoms with van der Waals surface area (Å²) in [5.74, 6) is 0. The van der Waals surface area contributed by atoms with E-state index in [4.69, 9.17) is 4.42 Å². The van der Waals surface area contributed by atoms with E-state index in [0.29, 0.717) is 0 Å². The van der Waals surface area contributed by atoms with Gasteiger partial charge in [-0.05, 0) is 130 Å². The van der Waals surface area contributed by atoms with Crippen LogP contribution in [0.25, 0.3) is 71.7 Å². The molecule has 2 aromatic heterocycles. The molecule has 0 fully saturated rings. The van der Waals surface area contributed by atoms with Gasteiger partial charge < -0.3 is 13.9 Å². The van der Waals surface area contributed by atoms with Gasteiger partial charge in [0.05, 0.1) is 22.1 Å². The molecule has 3 nitrogen and oxygen atoms in total. The van der Waals surface area contributed by atoms with Gasteiger partial charge in [-0.3, -0.25) is 0 Å². The summed E-state index contributed by atoms with van der Waals surface area (Å²) in [5.41, 5.74) is 19.3. The highest BCUT2D eigenvalue weighted by Crippen LogP contribution is 2.57. The van der Waals surface area contributed by atoms with Crippen molar-refractivity contribution in [3.63, 3.8) is 0 Å². The molecule has 2 aliphatic rings. The van der Waals surface area contributed by atoms with E-state index in [1.54, 1.807) is 0 Å². The van der Waals surface area contributed by atoms with E-state index in [9.17, 15) is 0 Å². The van der Waals surface area contributed by atoms with E-state index >= 15 is 0 Å². The van der Waals surface area contributed by atoms with Gasteiger partial charge in [-0.1, -0.05) is 133 Å². The molecule has 0 saturated heterocycles. The molecular formula is C57H38N2O. The largest absolute Gasteiger partial charge is 0.456 e. The van der Waals surface area contributed by atoms with Crippen LogP contribution in [-0.2, 0) is 18.3 Å². The maximum Gasteiger partial charge on any atom is 0.137 e. The first kappa shape index (κ1) is 33.4. The molecule has 0 aliphatic heterocycles. The van der Waals surface area contributed by atoms with Gasteiger partial charge in [-0.2, -0.15) is 0 Å². The number of para-hydroxylation sites is 3. The average Bonchev–Trinajstić information content (AvgIpc) is 4.05. The van der Waals surface area contributed by atoms with Gasteiger partial charge in [0.1, 0.15) is 11.2 Å².